The first-order chi connectivity index (χ1) is 10.1. The minimum Gasteiger partial charge on any atom is -0.496 e. The molecule has 1 unspecified atom stereocenters. The molecule has 1 atom stereocenters. The van der Waals surface area contributed by atoms with Gasteiger partial charge in [0.2, 0.25) is 0 Å². The van der Waals surface area contributed by atoms with Crippen molar-refractivity contribution < 1.29 is 14.3 Å². The average molecular weight is 290 g/mol. The van der Waals surface area contributed by atoms with Gasteiger partial charge in [0.1, 0.15) is 23.7 Å². The van der Waals surface area contributed by atoms with Gasteiger partial charge in [-0.15, -0.1) is 0 Å². The third-order valence-corrected chi connectivity index (χ3v) is 3.21. The zero-order chi connectivity index (χ0) is 15.4. The summed E-state index contributed by atoms with van der Waals surface area (Å²) in [7, 11) is 3.11. The van der Waals surface area contributed by atoms with E-state index < -0.39 is 0 Å². The highest BCUT2D eigenvalue weighted by Crippen LogP contribution is 2.29. The van der Waals surface area contributed by atoms with E-state index in [4.69, 9.17) is 9.47 Å². The number of hydrogen-bond donors (Lipinski definition) is 2. The van der Waals surface area contributed by atoms with Crippen molar-refractivity contribution in [3.63, 3.8) is 0 Å². The first-order valence-electron chi connectivity index (χ1n) is 6.45. The Balaban J connectivity index is 2.23. The second-order valence-electron chi connectivity index (χ2n) is 4.57. The first kappa shape index (κ1) is 14.8. The minimum absolute atomic E-state index is 0.240. The standard InChI is InChI=1S/C14H18N4O3/c1-8-11(20-3)5-10(6-12(8)21-4)14(19)17-9(2)13-15-7-16-18-13/h5-7,9H,1-4H3,(H,17,19)(H,15,16,18). The zero-order valence-corrected chi connectivity index (χ0v) is 12.4. The van der Waals surface area contributed by atoms with Crippen LogP contribution in [0.5, 0.6) is 11.5 Å². The number of benzene rings is 1. The molecule has 1 heterocycles. The Morgan fingerprint density at radius 3 is 2.38 bits per heavy atom. The number of nitrogens with zero attached hydrogens (tertiary/aromatic N) is 2. The van der Waals surface area contributed by atoms with E-state index in [1.807, 2.05) is 13.8 Å². The smallest absolute Gasteiger partial charge is 0.252 e. The monoisotopic (exact) mass is 290 g/mol. The highest BCUT2D eigenvalue weighted by Gasteiger charge is 2.17. The van der Waals surface area contributed by atoms with Gasteiger partial charge in [-0.1, -0.05) is 0 Å². The summed E-state index contributed by atoms with van der Waals surface area (Å²) in [5.74, 6) is 1.56. The van der Waals surface area contributed by atoms with Crippen molar-refractivity contribution in [2.24, 2.45) is 0 Å². The number of ether oxygens (including phenoxy) is 2. The molecule has 0 fully saturated rings. The number of aromatic nitrogens is 3. The summed E-state index contributed by atoms with van der Waals surface area (Å²) in [6.07, 6.45) is 1.40. The lowest BCUT2D eigenvalue weighted by Gasteiger charge is -2.14. The molecule has 1 amide bonds. The Morgan fingerprint density at radius 2 is 1.90 bits per heavy atom. The molecule has 112 valence electrons. The summed E-state index contributed by atoms with van der Waals surface area (Å²) in [6, 6.07) is 3.08. The maximum absolute atomic E-state index is 12.3. The molecule has 1 aromatic carbocycles. The van der Waals surface area contributed by atoms with E-state index in [1.165, 1.54) is 6.33 Å². The van der Waals surface area contributed by atoms with E-state index in [2.05, 4.69) is 20.5 Å². The van der Waals surface area contributed by atoms with E-state index in [0.29, 0.717) is 22.9 Å². The van der Waals surface area contributed by atoms with Crippen LogP contribution in [0.1, 0.15) is 34.7 Å². The molecule has 7 heteroatoms. The van der Waals surface area contributed by atoms with E-state index in [-0.39, 0.29) is 11.9 Å². The van der Waals surface area contributed by atoms with Crippen LogP contribution in [0.25, 0.3) is 0 Å². The van der Waals surface area contributed by atoms with Gasteiger partial charge in [0.25, 0.3) is 5.91 Å². The van der Waals surface area contributed by atoms with Crippen LogP contribution in [-0.2, 0) is 0 Å². The Hall–Kier alpha value is -2.57. The normalized spacial score (nSPS) is 11.8. The summed E-state index contributed by atoms with van der Waals surface area (Å²) in [5, 5.41) is 9.32. The van der Waals surface area contributed by atoms with Crippen molar-refractivity contribution in [2.45, 2.75) is 19.9 Å². The van der Waals surface area contributed by atoms with Gasteiger partial charge in [0.05, 0.1) is 20.3 Å². The maximum Gasteiger partial charge on any atom is 0.252 e. The quantitative estimate of drug-likeness (QED) is 0.873. The SMILES string of the molecule is COc1cc(C(=O)NC(C)c2ncn[nH]2)cc(OC)c1C. The third-order valence-electron chi connectivity index (χ3n) is 3.21. The van der Waals surface area contributed by atoms with Crippen LogP contribution < -0.4 is 14.8 Å². The predicted molar refractivity (Wildman–Crippen MR) is 76.5 cm³/mol. The summed E-state index contributed by atoms with van der Waals surface area (Å²) in [5.41, 5.74) is 1.31. The van der Waals surface area contributed by atoms with Crippen LogP contribution in [0.4, 0.5) is 0 Å². The number of carbonyl (C=O) groups is 1. The molecule has 2 aromatic rings. The lowest BCUT2D eigenvalue weighted by molar-refractivity contribution is 0.0937. The molecule has 0 aliphatic heterocycles. The molecular formula is C14H18N4O3. The highest BCUT2D eigenvalue weighted by atomic mass is 16.5. The molecule has 2 N–H and O–H groups in total. The molecule has 0 spiro atoms. The van der Waals surface area contributed by atoms with Gasteiger partial charge in [-0.05, 0) is 26.0 Å². The van der Waals surface area contributed by atoms with Gasteiger partial charge in [0, 0.05) is 11.1 Å². The number of aromatic amines is 1. The van der Waals surface area contributed by atoms with Crippen molar-refractivity contribution in [1.29, 1.82) is 0 Å². The molecule has 1 aromatic heterocycles. The molecule has 0 aliphatic rings. The summed E-state index contributed by atoms with van der Waals surface area (Å²) < 4.78 is 10.5. The topological polar surface area (TPSA) is 89.1 Å². The summed E-state index contributed by atoms with van der Waals surface area (Å²) in [4.78, 5) is 16.3. The number of carbonyl (C=O) groups excluding carboxylic acids is 1. The lowest BCUT2D eigenvalue weighted by atomic mass is 10.1. The van der Waals surface area contributed by atoms with Crippen molar-refractivity contribution in [3.05, 3.63) is 35.4 Å². The molecule has 0 radical (unpaired) electrons. The van der Waals surface area contributed by atoms with Crippen molar-refractivity contribution >= 4 is 5.91 Å². The first-order valence-corrected chi connectivity index (χ1v) is 6.45. The Morgan fingerprint density at radius 1 is 1.29 bits per heavy atom. The van der Waals surface area contributed by atoms with Crippen LogP contribution in [-0.4, -0.2) is 35.3 Å². The Labute approximate surface area is 122 Å². The minimum atomic E-state index is -0.279. The molecule has 0 saturated heterocycles. The van der Waals surface area contributed by atoms with Crippen molar-refractivity contribution in [2.75, 3.05) is 14.2 Å². The molecule has 0 saturated carbocycles. The lowest BCUT2D eigenvalue weighted by Crippen LogP contribution is -2.27. The second kappa shape index (κ2) is 6.25. The molecule has 7 nitrogen and oxygen atoms in total. The number of methoxy groups -OCH3 is 2. The second-order valence-corrected chi connectivity index (χ2v) is 4.57. The van der Waals surface area contributed by atoms with Crippen LogP contribution in [0, 0.1) is 6.92 Å². The van der Waals surface area contributed by atoms with E-state index in [0.717, 1.165) is 5.56 Å². The number of H-pyrrole nitrogens is 1. The number of amides is 1. The van der Waals surface area contributed by atoms with E-state index in [9.17, 15) is 4.79 Å². The van der Waals surface area contributed by atoms with Crippen molar-refractivity contribution in [1.82, 2.24) is 20.5 Å². The van der Waals surface area contributed by atoms with Gasteiger partial charge in [-0.25, -0.2) is 4.98 Å². The molecular weight excluding hydrogens is 272 g/mol. The van der Waals surface area contributed by atoms with Gasteiger partial charge in [-0.3, -0.25) is 9.89 Å². The average Bonchev–Trinajstić information content (AvgIpc) is 3.01. The Kier molecular flexibility index (Phi) is 4.42. The molecule has 0 aliphatic carbocycles. The third kappa shape index (κ3) is 3.13. The predicted octanol–water partition coefficient (Wildman–Crippen LogP) is 1.62. The van der Waals surface area contributed by atoms with E-state index in [1.54, 1.807) is 26.4 Å². The fourth-order valence-corrected chi connectivity index (χ4v) is 1.99. The maximum atomic E-state index is 12.3. The highest BCUT2D eigenvalue weighted by molar-refractivity contribution is 5.95. The Bertz CT molecular complexity index is 600. The van der Waals surface area contributed by atoms with Gasteiger partial charge in [-0.2, -0.15) is 5.10 Å². The molecule has 2 rings (SSSR count). The number of hydrogen-bond acceptors (Lipinski definition) is 5. The van der Waals surface area contributed by atoms with Crippen LogP contribution in [0.2, 0.25) is 0 Å². The molecule has 0 bridgehead atoms. The van der Waals surface area contributed by atoms with Gasteiger partial charge in [0.15, 0.2) is 0 Å². The van der Waals surface area contributed by atoms with Gasteiger partial charge < -0.3 is 14.8 Å². The van der Waals surface area contributed by atoms with Crippen LogP contribution in [0.15, 0.2) is 18.5 Å². The largest absolute Gasteiger partial charge is 0.496 e. The number of rotatable bonds is 5. The fraction of sp³-hybridized carbons (Fsp3) is 0.357. The van der Waals surface area contributed by atoms with Crippen molar-refractivity contribution in [3.8, 4) is 11.5 Å². The van der Waals surface area contributed by atoms with Crippen LogP contribution >= 0.6 is 0 Å². The fourth-order valence-electron chi connectivity index (χ4n) is 1.99. The van der Waals surface area contributed by atoms with Crippen LogP contribution in [0.3, 0.4) is 0 Å². The summed E-state index contributed by atoms with van der Waals surface area (Å²) >= 11 is 0. The summed E-state index contributed by atoms with van der Waals surface area (Å²) in [6.45, 7) is 3.69. The number of nitrogens with one attached hydrogen (secondary N) is 2. The zero-order valence-electron chi connectivity index (χ0n) is 12.4. The molecule has 21 heavy (non-hydrogen) atoms. The van der Waals surface area contributed by atoms with Gasteiger partial charge >= 0.3 is 0 Å². The van der Waals surface area contributed by atoms with E-state index >= 15 is 0 Å².